The average molecular weight is 681 g/mol. The van der Waals surface area contributed by atoms with Gasteiger partial charge in [0.05, 0.1) is 32.0 Å². The van der Waals surface area contributed by atoms with E-state index in [-0.39, 0.29) is 55.6 Å². The van der Waals surface area contributed by atoms with Crippen LogP contribution >= 0.6 is 0 Å². The molecule has 0 aliphatic carbocycles. The third-order valence-corrected chi connectivity index (χ3v) is 8.67. The highest BCUT2D eigenvalue weighted by molar-refractivity contribution is 5.88. The molecule has 0 fully saturated rings. The van der Waals surface area contributed by atoms with E-state index in [1.54, 1.807) is 31.6 Å². The van der Waals surface area contributed by atoms with Gasteiger partial charge < -0.3 is 35.7 Å². The summed E-state index contributed by atoms with van der Waals surface area (Å²) in [5, 5.41) is 16.8. The van der Waals surface area contributed by atoms with Crippen molar-refractivity contribution in [3.63, 3.8) is 0 Å². The highest BCUT2D eigenvalue weighted by Gasteiger charge is 2.32. The van der Waals surface area contributed by atoms with Crippen molar-refractivity contribution in [2.45, 2.75) is 78.3 Å². The first-order chi connectivity index (χ1) is 23.5. The topological polar surface area (TPSA) is 145 Å². The third kappa shape index (κ3) is 12.8. The van der Waals surface area contributed by atoms with Crippen LogP contribution in [-0.2, 0) is 32.2 Å². The fourth-order valence-electron chi connectivity index (χ4n) is 5.34. The van der Waals surface area contributed by atoms with E-state index < -0.39 is 24.1 Å². The Morgan fingerprint density at radius 1 is 0.980 bits per heavy atom. The molecule has 5 atom stereocenters. The zero-order chi connectivity index (χ0) is 35.8. The first-order valence-electron chi connectivity index (χ1n) is 17.0. The second-order valence-corrected chi connectivity index (χ2v) is 12.8. The molecule has 0 unspecified atom stereocenters. The molecule has 0 spiro atoms. The summed E-state index contributed by atoms with van der Waals surface area (Å²) in [6, 6.07) is 14.1. The van der Waals surface area contributed by atoms with Gasteiger partial charge in [-0.3, -0.25) is 14.6 Å². The number of benzene rings is 2. The number of rotatable bonds is 21. The number of aliphatic hydroxyl groups excluding tert-OH is 1. The van der Waals surface area contributed by atoms with E-state index in [2.05, 4.69) is 15.6 Å². The van der Waals surface area contributed by atoms with Crippen molar-refractivity contribution >= 4 is 11.8 Å². The van der Waals surface area contributed by atoms with E-state index in [0.29, 0.717) is 19.6 Å². The second kappa shape index (κ2) is 20.6. The summed E-state index contributed by atoms with van der Waals surface area (Å²) >= 11 is 0. The molecule has 0 aliphatic rings. The van der Waals surface area contributed by atoms with Crippen LogP contribution in [-0.4, -0.2) is 67.0 Å². The van der Waals surface area contributed by atoms with Gasteiger partial charge in [-0.25, -0.2) is 4.39 Å². The maximum absolute atomic E-state index is 13.5. The number of methoxy groups -OCH3 is 1. The molecule has 0 bridgehead atoms. The van der Waals surface area contributed by atoms with Gasteiger partial charge in [0.1, 0.15) is 17.6 Å². The number of nitrogens with one attached hydrogen (secondary N) is 2. The number of nitrogens with two attached hydrogens (primary N) is 1. The Balaban J connectivity index is 1.57. The van der Waals surface area contributed by atoms with Gasteiger partial charge in [-0.1, -0.05) is 58.4 Å². The maximum Gasteiger partial charge on any atom is 0.243 e. The van der Waals surface area contributed by atoms with Crippen molar-refractivity contribution in [3.05, 3.63) is 83.9 Å². The average Bonchev–Trinajstić information content (AvgIpc) is 3.10. The van der Waals surface area contributed by atoms with E-state index in [1.807, 2.05) is 58.0 Å². The lowest BCUT2D eigenvalue weighted by molar-refractivity contribution is -0.134. The smallest absolute Gasteiger partial charge is 0.243 e. The lowest BCUT2D eigenvalue weighted by Gasteiger charge is -2.29. The van der Waals surface area contributed by atoms with E-state index >= 15 is 0 Å². The quantitative estimate of drug-likeness (QED) is 0.115. The maximum atomic E-state index is 13.5. The summed E-state index contributed by atoms with van der Waals surface area (Å²) in [4.78, 5) is 30.8. The van der Waals surface area contributed by atoms with Gasteiger partial charge in [-0.2, -0.15) is 0 Å². The number of nitrogens with zero attached hydrogens (tertiary/aromatic N) is 1. The van der Waals surface area contributed by atoms with Crippen LogP contribution in [0.3, 0.4) is 0 Å². The lowest BCUT2D eigenvalue weighted by atomic mass is 9.86. The predicted octanol–water partition coefficient (Wildman–Crippen LogP) is 5.02. The normalized spacial score (nSPS) is 14.5. The molecule has 11 heteroatoms. The van der Waals surface area contributed by atoms with Crippen LogP contribution in [0.15, 0.2) is 67.0 Å². The van der Waals surface area contributed by atoms with Gasteiger partial charge >= 0.3 is 0 Å². The predicted molar refractivity (Wildman–Crippen MR) is 188 cm³/mol. The van der Waals surface area contributed by atoms with Gasteiger partial charge in [0.15, 0.2) is 0 Å². The van der Waals surface area contributed by atoms with Crippen LogP contribution in [0.4, 0.5) is 4.39 Å². The molecule has 2 amide bonds. The number of ether oxygens (including phenoxy) is 3. The first-order valence-corrected chi connectivity index (χ1v) is 17.0. The minimum Gasteiger partial charge on any atom is -0.493 e. The highest BCUT2D eigenvalue weighted by atomic mass is 19.1. The number of halogens is 1. The van der Waals surface area contributed by atoms with Crippen molar-refractivity contribution in [1.29, 1.82) is 0 Å². The van der Waals surface area contributed by atoms with Crippen LogP contribution in [0, 0.1) is 23.6 Å². The molecular formula is C38H53FN4O6. The lowest BCUT2D eigenvalue weighted by Crippen LogP contribution is -2.52. The number of amides is 2. The molecule has 2 aromatic carbocycles. The van der Waals surface area contributed by atoms with Gasteiger partial charge in [-0.15, -0.1) is 0 Å². The van der Waals surface area contributed by atoms with E-state index in [0.717, 1.165) is 34.4 Å². The summed E-state index contributed by atoms with van der Waals surface area (Å²) in [6.45, 7) is 9.28. The number of carbonyl (C=O) groups is 2. The van der Waals surface area contributed by atoms with Gasteiger partial charge in [-0.05, 0) is 65.3 Å². The van der Waals surface area contributed by atoms with Crippen molar-refractivity contribution in [2.24, 2.45) is 23.5 Å². The number of aliphatic hydroxyl groups is 1. The number of pyridine rings is 1. The largest absolute Gasteiger partial charge is 0.493 e. The van der Waals surface area contributed by atoms with Crippen LogP contribution < -0.4 is 21.1 Å². The second-order valence-electron chi connectivity index (χ2n) is 12.8. The minimum absolute atomic E-state index is 0.0744. The summed E-state index contributed by atoms with van der Waals surface area (Å²) in [6.07, 6.45) is 3.98. The fraction of sp³-hybridized carbons (Fsp3) is 0.500. The standard InChI is InChI=1S/C38H53FN4O6/c1-6-26(4)36(38(46)42-22-27-8-11-30(39)12-9-27)43-37(45)32(25(2)3)21-34(44)33(40)24-48-23-28-10-13-31(29-14-16-41-17-15-29)35(20-28)49-19-7-18-47-5/h8-17,20,25-26,32-34,36,44H,6-7,18-19,21-24,40H2,1-5H3,(H,42,46)(H,43,45)/t26-,32-,33-,34-,36-/m0/s1. The third-order valence-electron chi connectivity index (χ3n) is 8.67. The summed E-state index contributed by atoms with van der Waals surface area (Å²) in [5.41, 5.74) is 9.90. The molecule has 0 saturated heterocycles. The fourth-order valence-corrected chi connectivity index (χ4v) is 5.34. The van der Waals surface area contributed by atoms with E-state index in [9.17, 15) is 19.1 Å². The minimum atomic E-state index is -1.01. The Hall–Kier alpha value is -3.90. The van der Waals surface area contributed by atoms with E-state index in [1.165, 1.54) is 12.1 Å². The van der Waals surface area contributed by atoms with Crippen molar-refractivity contribution in [1.82, 2.24) is 15.6 Å². The molecule has 49 heavy (non-hydrogen) atoms. The number of carbonyl (C=O) groups excluding carboxylic acids is 2. The molecule has 1 aromatic heterocycles. The molecule has 3 rings (SSSR count). The molecule has 1 heterocycles. The van der Waals surface area contributed by atoms with Crippen LogP contribution in [0.25, 0.3) is 11.1 Å². The highest BCUT2D eigenvalue weighted by Crippen LogP contribution is 2.31. The molecule has 5 N–H and O–H groups in total. The zero-order valence-corrected chi connectivity index (χ0v) is 29.4. The van der Waals surface area contributed by atoms with Gasteiger partial charge in [0.25, 0.3) is 0 Å². The van der Waals surface area contributed by atoms with Crippen molar-refractivity contribution < 1.29 is 33.3 Å². The van der Waals surface area contributed by atoms with Gasteiger partial charge in [0, 0.05) is 50.6 Å². The number of hydrogen-bond acceptors (Lipinski definition) is 8. The van der Waals surface area contributed by atoms with E-state index in [4.69, 9.17) is 19.9 Å². The molecule has 10 nitrogen and oxygen atoms in total. The van der Waals surface area contributed by atoms with Gasteiger partial charge in [0.2, 0.25) is 11.8 Å². The molecule has 268 valence electrons. The first kappa shape index (κ1) is 39.5. The SMILES string of the molecule is CC[C@H](C)[C@H](NC(=O)[C@@H](C[C@H](O)[C@@H](N)COCc1ccc(-c2ccncc2)c(OCCCOC)c1)C(C)C)C(=O)NCc1ccc(F)cc1. The van der Waals surface area contributed by atoms with Crippen LogP contribution in [0.1, 0.15) is 58.1 Å². The molecule has 0 radical (unpaired) electrons. The van der Waals surface area contributed by atoms with Crippen LogP contribution in [0.2, 0.25) is 0 Å². The number of aromatic nitrogens is 1. The summed E-state index contributed by atoms with van der Waals surface area (Å²) in [5.74, 6) is -1.12. The van der Waals surface area contributed by atoms with Crippen molar-refractivity contribution in [2.75, 3.05) is 26.9 Å². The van der Waals surface area contributed by atoms with Crippen molar-refractivity contribution in [3.8, 4) is 16.9 Å². The Kier molecular flexibility index (Phi) is 16.6. The molecule has 0 saturated carbocycles. The summed E-state index contributed by atoms with van der Waals surface area (Å²) < 4.78 is 30.4. The zero-order valence-electron chi connectivity index (χ0n) is 29.4. The Morgan fingerprint density at radius 2 is 1.67 bits per heavy atom. The summed E-state index contributed by atoms with van der Waals surface area (Å²) in [7, 11) is 1.66. The molecule has 0 aliphatic heterocycles. The molecule has 3 aromatic rings. The number of hydrogen-bond donors (Lipinski definition) is 4. The Bertz CT molecular complexity index is 1430. The monoisotopic (exact) mass is 680 g/mol. The Morgan fingerprint density at radius 3 is 2.33 bits per heavy atom. The Labute approximate surface area is 289 Å². The molecular weight excluding hydrogens is 627 g/mol. The van der Waals surface area contributed by atoms with Crippen LogP contribution in [0.5, 0.6) is 5.75 Å².